The van der Waals surface area contributed by atoms with Crippen molar-refractivity contribution in [1.29, 1.82) is 0 Å². The van der Waals surface area contributed by atoms with Crippen LogP contribution in [0.1, 0.15) is 38.2 Å². The highest BCUT2D eigenvalue weighted by Crippen LogP contribution is 2.21. The standard InChI is InChI=1S/C23H36N4O2/c1-3-29-21-11-15-27(16-12-21)23(24-2)25-18-22(28)26-13-9-20(10-14-26)17-19-7-5-4-6-8-19/h4-8,20-21H,3,9-18H2,1-2H3,(H,24,25). The van der Waals surface area contributed by atoms with Gasteiger partial charge in [0.15, 0.2) is 5.96 Å². The number of carbonyl (C=O) groups is 1. The van der Waals surface area contributed by atoms with Crippen LogP contribution in [0.5, 0.6) is 0 Å². The molecule has 2 aliphatic heterocycles. The van der Waals surface area contributed by atoms with E-state index >= 15 is 0 Å². The topological polar surface area (TPSA) is 57.2 Å². The number of aliphatic imine (C=N–C) groups is 1. The lowest BCUT2D eigenvalue weighted by atomic mass is 9.90. The first-order chi connectivity index (χ1) is 14.2. The SMILES string of the molecule is CCOC1CCN(C(=NC)NCC(=O)N2CCC(Cc3ccccc3)CC2)CC1. The maximum absolute atomic E-state index is 12.7. The summed E-state index contributed by atoms with van der Waals surface area (Å²) in [5.74, 6) is 1.68. The maximum Gasteiger partial charge on any atom is 0.241 e. The second-order valence-electron chi connectivity index (χ2n) is 8.06. The Morgan fingerprint density at radius 1 is 1.07 bits per heavy atom. The van der Waals surface area contributed by atoms with E-state index in [2.05, 4.69) is 45.5 Å². The summed E-state index contributed by atoms with van der Waals surface area (Å²) in [6, 6.07) is 10.7. The molecule has 0 atom stereocenters. The Bertz CT molecular complexity index is 648. The van der Waals surface area contributed by atoms with Crippen molar-refractivity contribution in [2.24, 2.45) is 10.9 Å². The van der Waals surface area contributed by atoms with Gasteiger partial charge in [0.1, 0.15) is 0 Å². The maximum atomic E-state index is 12.7. The van der Waals surface area contributed by atoms with Crippen LogP contribution in [0.4, 0.5) is 0 Å². The summed E-state index contributed by atoms with van der Waals surface area (Å²) in [7, 11) is 1.79. The summed E-state index contributed by atoms with van der Waals surface area (Å²) >= 11 is 0. The number of carbonyl (C=O) groups excluding carboxylic acids is 1. The van der Waals surface area contributed by atoms with Gasteiger partial charge in [0.25, 0.3) is 0 Å². The molecule has 0 aliphatic carbocycles. The highest BCUT2D eigenvalue weighted by Gasteiger charge is 2.25. The predicted octanol–water partition coefficient (Wildman–Crippen LogP) is 2.54. The molecule has 1 N–H and O–H groups in total. The average molecular weight is 401 g/mol. The number of hydrogen-bond acceptors (Lipinski definition) is 3. The summed E-state index contributed by atoms with van der Waals surface area (Å²) in [5, 5.41) is 3.28. The first-order valence-corrected chi connectivity index (χ1v) is 11.1. The predicted molar refractivity (Wildman–Crippen MR) is 117 cm³/mol. The monoisotopic (exact) mass is 400 g/mol. The Labute approximate surface area is 175 Å². The second-order valence-corrected chi connectivity index (χ2v) is 8.06. The second kappa shape index (κ2) is 11.2. The van der Waals surface area contributed by atoms with E-state index in [1.54, 1.807) is 7.05 Å². The van der Waals surface area contributed by atoms with Crippen molar-refractivity contribution >= 4 is 11.9 Å². The van der Waals surface area contributed by atoms with E-state index in [9.17, 15) is 4.79 Å². The van der Waals surface area contributed by atoms with E-state index in [1.165, 1.54) is 5.56 Å². The molecule has 1 aromatic rings. The highest BCUT2D eigenvalue weighted by atomic mass is 16.5. The van der Waals surface area contributed by atoms with Gasteiger partial charge in [-0.25, -0.2) is 0 Å². The Balaban J connectivity index is 1.38. The molecule has 2 saturated heterocycles. The van der Waals surface area contributed by atoms with Crippen LogP contribution >= 0.6 is 0 Å². The molecule has 1 aromatic carbocycles. The van der Waals surface area contributed by atoms with Crippen LogP contribution in [0.15, 0.2) is 35.3 Å². The fraction of sp³-hybridized carbons (Fsp3) is 0.652. The number of benzene rings is 1. The first kappa shape index (κ1) is 21.6. The van der Waals surface area contributed by atoms with Gasteiger partial charge in [0, 0.05) is 39.8 Å². The summed E-state index contributed by atoms with van der Waals surface area (Å²) in [6.07, 6.45) is 5.66. The van der Waals surface area contributed by atoms with Crippen molar-refractivity contribution in [3.8, 4) is 0 Å². The van der Waals surface area contributed by atoms with E-state index in [1.807, 2.05) is 11.8 Å². The molecule has 0 radical (unpaired) electrons. The molecular weight excluding hydrogens is 364 g/mol. The molecular formula is C23H36N4O2. The Morgan fingerprint density at radius 2 is 1.72 bits per heavy atom. The molecule has 6 nitrogen and oxygen atoms in total. The minimum atomic E-state index is 0.175. The van der Waals surface area contributed by atoms with Gasteiger partial charge < -0.3 is 19.9 Å². The van der Waals surface area contributed by atoms with Gasteiger partial charge in [-0.15, -0.1) is 0 Å². The summed E-state index contributed by atoms with van der Waals surface area (Å²) < 4.78 is 5.72. The molecule has 0 unspecified atom stereocenters. The number of amides is 1. The minimum Gasteiger partial charge on any atom is -0.378 e. The van der Waals surface area contributed by atoms with Crippen LogP contribution in [0.3, 0.4) is 0 Å². The van der Waals surface area contributed by atoms with Crippen LogP contribution in [0, 0.1) is 5.92 Å². The van der Waals surface area contributed by atoms with Gasteiger partial charge in [0.05, 0.1) is 12.6 Å². The van der Waals surface area contributed by atoms with Gasteiger partial charge in [0.2, 0.25) is 5.91 Å². The number of piperidine rings is 2. The van der Waals surface area contributed by atoms with Crippen molar-refractivity contribution in [1.82, 2.24) is 15.1 Å². The van der Waals surface area contributed by atoms with Crippen molar-refractivity contribution in [3.63, 3.8) is 0 Å². The third kappa shape index (κ3) is 6.46. The molecule has 0 aromatic heterocycles. The fourth-order valence-electron chi connectivity index (χ4n) is 4.40. The third-order valence-corrected chi connectivity index (χ3v) is 6.09. The van der Waals surface area contributed by atoms with Crippen LogP contribution in [0.25, 0.3) is 0 Å². The Morgan fingerprint density at radius 3 is 2.34 bits per heavy atom. The van der Waals surface area contributed by atoms with Gasteiger partial charge in [-0.3, -0.25) is 9.79 Å². The number of guanidine groups is 1. The third-order valence-electron chi connectivity index (χ3n) is 6.09. The summed E-state index contributed by atoms with van der Waals surface area (Å²) in [4.78, 5) is 21.3. The quantitative estimate of drug-likeness (QED) is 0.589. The molecule has 6 heteroatoms. The van der Waals surface area contributed by atoms with E-state index in [-0.39, 0.29) is 5.91 Å². The van der Waals surface area contributed by atoms with Crippen LogP contribution in [-0.2, 0) is 16.0 Å². The zero-order chi connectivity index (χ0) is 20.5. The van der Waals surface area contributed by atoms with E-state index < -0.39 is 0 Å². The van der Waals surface area contributed by atoms with Gasteiger partial charge in [-0.05, 0) is 50.5 Å². The van der Waals surface area contributed by atoms with Crippen molar-refractivity contribution in [3.05, 3.63) is 35.9 Å². The van der Waals surface area contributed by atoms with Crippen molar-refractivity contribution < 1.29 is 9.53 Å². The minimum absolute atomic E-state index is 0.175. The molecule has 1 amide bonds. The largest absolute Gasteiger partial charge is 0.378 e. The molecule has 0 bridgehead atoms. The normalized spacial score (nSPS) is 19.4. The zero-order valence-corrected chi connectivity index (χ0v) is 18.0. The fourth-order valence-corrected chi connectivity index (χ4v) is 4.40. The van der Waals surface area contributed by atoms with Crippen LogP contribution in [0.2, 0.25) is 0 Å². The molecule has 160 valence electrons. The number of nitrogens with zero attached hydrogens (tertiary/aromatic N) is 3. The lowest BCUT2D eigenvalue weighted by molar-refractivity contribution is -0.131. The molecule has 2 aliphatic rings. The molecule has 2 fully saturated rings. The Hall–Kier alpha value is -2.08. The lowest BCUT2D eigenvalue weighted by Gasteiger charge is -2.35. The molecule has 0 saturated carbocycles. The number of nitrogens with one attached hydrogen (secondary N) is 1. The summed E-state index contributed by atoms with van der Waals surface area (Å²) in [5.41, 5.74) is 1.40. The number of rotatable bonds is 6. The van der Waals surface area contributed by atoms with E-state index in [0.717, 1.165) is 70.8 Å². The number of hydrogen-bond donors (Lipinski definition) is 1. The molecule has 2 heterocycles. The zero-order valence-electron chi connectivity index (χ0n) is 18.0. The van der Waals surface area contributed by atoms with Crippen LogP contribution in [-0.4, -0.2) is 74.1 Å². The molecule has 29 heavy (non-hydrogen) atoms. The molecule has 0 spiro atoms. The van der Waals surface area contributed by atoms with Crippen molar-refractivity contribution in [2.75, 3.05) is 46.4 Å². The summed E-state index contributed by atoms with van der Waals surface area (Å²) in [6.45, 7) is 6.69. The van der Waals surface area contributed by atoms with E-state index in [0.29, 0.717) is 18.6 Å². The lowest BCUT2D eigenvalue weighted by Crippen LogP contribution is -2.50. The number of likely N-dealkylation sites (tertiary alicyclic amines) is 2. The smallest absolute Gasteiger partial charge is 0.241 e. The van der Waals surface area contributed by atoms with Gasteiger partial charge in [-0.1, -0.05) is 30.3 Å². The highest BCUT2D eigenvalue weighted by molar-refractivity contribution is 5.86. The Kier molecular flexibility index (Phi) is 8.35. The van der Waals surface area contributed by atoms with Gasteiger partial charge in [-0.2, -0.15) is 0 Å². The first-order valence-electron chi connectivity index (χ1n) is 11.1. The molecule has 3 rings (SSSR count). The van der Waals surface area contributed by atoms with Crippen LogP contribution < -0.4 is 5.32 Å². The number of ether oxygens (including phenoxy) is 1. The van der Waals surface area contributed by atoms with E-state index in [4.69, 9.17) is 4.74 Å². The van der Waals surface area contributed by atoms with Gasteiger partial charge >= 0.3 is 0 Å². The average Bonchev–Trinajstić information content (AvgIpc) is 2.76. The van der Waals surface area contributed by atoms with Crippen molar-refractivity contribution in [2.45, 2.75) is 45.1 Å².